The maximum atomic E-state index is 14.0. The van der Waals surface area contributed by atoms with Crippen LogP contribution >= 0.6 is 11.6 Å². The Kier molecular flexibility index (Phi) is 5.65. The number of hydrogen-bond donors (Lipinski definition) is 0. The van der Waals surface area contributed by atoms with Crippen molar-refractivity contribution in [2.45, 2.75) is 25.4 Å². The van der Waals surface area contributed by atoms with Gasteiger partial charge in [-0.2, -0.15) is 0 Å². The van der Waals surface area contributed by atoms with E-state index in [0.29, 0.717) is 10.8 Å². The van der Waals surface area contributed by atoms with Crippen molar-refractivity contribution < 1.29 is 4.79 Å². The van der Waals surface area contributed by atoms with Crippen molar-refractivity contribution in [3.8, 4) is 0 Å². The molecule has 1 aliphatic rings. The molecule has 5 nitrogen and oxygen atoms in total. The third-order valence-corrected chi connectivity index (χ3v) is 8.51. The van der Waals surface area contributed by atoms with Gasteiger partial charge in [-0.15, -0.1) is 0 Å². The lowest BCUT2D eigenvalue weighted by Crippen LogP contribution is -2.38. The molecule has 0 saturated carbocycles. The minimum atomic E-state index is -0.708. The van der Waals surface area contributed by atoms with Gasteiger partial charge in [0.2, 0.25) is 0 Å². The van der Waals surface area contributed by atoms with Crippen LogP contribution in [-0.2, 0) is 5.54 Å². The fourth-order valence-corrected chi connectivity index (χ4v) is 6.57. The molecule has 2 aromatic heterocycles. The van der Waals surface area contributed by atoms with Gasteiger partial charge in [0.15, 0.2) is 5.82 Å². The molecular weight excluding hydrogens is 516 g/mol. The molecule has 6 aromatic rings. The Balaban J connectivity index is 1.45. The van der Waals surface area contributed by atoms with Crippen LogP contribution in [0, 0.1) is 6.92 Å². The first-order chi connectivity index (χ1) is 19.5. The van der Waals surface area contributed by atoms with Crippen molar-refractivity contribution in [3.05, 3.63) is 155 Å². The van der Waals surface area contributed by atoms with Crippen molar-refractivity contribution in [3.63, 3.8) is 0 Å². The fourth-order valence-electron chi connectivity index (χ4n) is 6.35. The Morgan fingerprint density at radius 2 is 1.32 bits per heavy atom. The molecule has 4 aromatic carbocycles. The Hall–Kier alpha value is -4.61. The summed E-state index contributed by atoms with van der Waals surface area (Å²) in [7, 11) is 0. The zero-order valence-electron chi connectivity index (χ0n) is 22.2. The molecule has 40 heavy (non-hydrogen) atoms. The van der Waals surface area contributed by atoms with Crippen LogP contribution < -0.4 is 4.90 Å². The Labute approximate surface area is 237 Å². The van der Waals surface area contributed by atoms with E-state index in [9.17, 15) is 4.79 Å². The first-order valence-electron chi connectivity index (χ1n) is 13.4. The Morgan fingerprint density at radius 3 is 1.88 bits per heavy atom. The lowest BCUT2D eigenvalue weighted by Gasteiger charge is -2.38. The van der Waals surface area contributed by atoms with Crippen molar-refractivity contribution in [1.29, 1.82) is 0 Å². The van der Waals surface area contributed by atoms with Gasteiger partial charge in [-0.25, -0.2) is 9.78 Å². The summed E-state index contributed by atoms with van der Waals surface area (Å²) in [4.78, 5) is 20.7. The zero-order chi connectivity index (χ0) is 27.4. The lowest BCUT2D eigenvalue weighted by molar-refractivity contribution is 0.250. The van der Waals surface area contributed by atoms with Crippen molar-refractivity contribution >= 4 is 34.4 Å². The number of benzene rings is 4. The second kappa shape index (κ2) is 9.25. The number of carbonyl (C=O) groups excluding carboxylic acids is 1. The van der Waals surface area contributed by atoms with Crippen molar-refractivity contribution in [2.24, 2.45) is 0 Å². The van der Waals surface area contributed by atoms with Gasteiger partial charge in [0.25, 0.3) is 0 Å². The van der Waals surface area contributed by atoms with Crippen LogP contribution in [-0.4, -0.2) is 20.1 Å². The topological polar surface area (TPSA) is 43.1 Å². The number of amides is 1. The van der Waals surface area contributed by atoms with E-state index in [1.807, 2.05) is 55.7 Å². The Morgan fingerprint density at radius 1 is 0.775 bits per heavy atom. The normalized spacial score (nSPS) is 15.1. The molecule has 0 saturated heterocycles. The predicted molar refractivity (Wildman–Crippen MR) is 160 cm³/mol. The number of nitrogens with zero attached hydrogens (tertiary/aromatic N) is 4. The van der Waals surface area contributed by atoms with E-state index < -0.39 is 5.54 Å². The number of hydrogen-bond acceptors (Lipinski definition) is 2. The average Bonchev–Trinajstić information content (AvgIpc) is 3.64. The summed E-state index contributed by atoms with van der Waals surface area (Å²) in [5.74, 6) is 0.642. The molecule has 3 heterocycles. The van der Waals surface area contributed by atoms with Gasteiger partial charge in [0, 0.05) is 10.4 Å². The van der Waals surface area contributed by atoms with Crippen LogP contribution in [0.2, 0.25) is 5.02 Å². The lowest BCUT2D eigenvalue weighted by atomic mass is 9.76. The van der Waals surface area contributed by atoms with E-state index >= 15 is 0 Å². The van der Waals surface area contributed by atoms with Crippen LogP contribution in [0.4, 0.5) is 10.6 Å². The molecule has 0 spiro atoms. The van der Waals surface area contributed by atoms with Crippen LogP contribution in [0.25, 0.3) is 10.9 Å². The monoisotopic (exact) mass is 542 g/mol. The SMILES string of the molecule is Cc1c(N2C(=O)n3c(cc4c(Cl)cccc43)C2C)ncn1C(c1ccccc1)(c1ccccc1)c1ccccc1. The summed E-state index contributed by atoms with van der Waals surface area (Å²) in [5, 5.41) is 1.53. The van der Waals surface area contributed by atoms with E-state index in [1.54, 1.807) is 9.47 Å². The third kappa shape index (κ3) is 3.34. The number of rotatable bonds is 5. The number of aromatic nitrogens is 3. The smallest absolute Gasteiger partial charge is 0.314 e. The molecule has 196 valence electrons. The van der Waals surface area contributed by atoms with Crippen molar-refractivity contribution in [2.75, 3.05) is 4.90 Å². The molecule has 0 bridgehead atoms. The first-order valence-corrected chi connectivity index (χ1v) is 13.8. The molecule has 0 fully saturated rings. The second-order valence-corrected chi connectivity index (χ2v) is 10.6. The first kappa shape index (κ1) is 24.4. The summed E-state index contributed by atoms with van der Waals surface area (Å²) in [5.41, 5.74) is 5.21. The Bertz CT molecular complexity index is 1760. The predicted octanol–water partition coefficient (Wildman–Crippen LogP) is 8.19. The van der Waals surface area contributed by atoms with Crippen LogP contribution in [0.5, 0.6) is 0 Å². The standard InChI is InChI=1S/C34H27ClN4O/c1-23-31-21-28-29(35)19-12-20-30(28)39(31)33(40)38(23)32-24(2)37(22-36-32)34(25-13-6-3-7-14-25,26-15-8-4-9-16-26)27-17-10-5-11-18-27/h3-23H,1-2H3. The number of anilines is 1. The maximum Gasteiger partial charge on any atom is 0.335 e. The van der Waals surface area contributed by atoms with Crippen LogP contribution in [0.1, 0.15) is 41.0 Å². The summed E-state index contributed by atoms with van der Waals surface area (Å²) in [6.45, 7) is 4.09. The van der Waals surface area contributed by atoms with E-state index in [0.717, 1.165) is 39.0 Å². The molecule has 1 amide bonds. The molecule has 6 heteroatoms. The molecule has 0 aliphatic carbocycles. The van der Waals surface area contributed by atoms with E-state index in [2.05, 4.69) is 84.3 Å². The van der Waals surface area contributed by atoms with Gasteiger partial charge in [0.1, 0.15) is 5.54 Å². The van der Waals surface area contributed by atoms with Crippen LogP contribution in [0.3, 0.4) is 0 Å². The van der Waals surface area contributed by atoms with Gasteiger partial charge >= 0.3 is 6.03 Å². The van der Waals surface area contributed by atoms with Gasteiger partial charge in [-0.1, -0.05) is 109 Å². The number of fused-ring (bicyclic) bond motifs is 3. The minimum Gasteiger partial charge on any atom is -0.314 e. The molecule has 1 unspecified atom stereocenters. The van der Waals surface area contributed by atoms with Crippen molar-refractivity contribution in [1.82, 2.24) is 14.1 Å². The largest absolute Gasteiger partial charge is 0.335 e. The summed E-state index contributed by atoms with van der Waals surface area (Å²) >= 11 is 6.47. The highest BCUT2D eigenvalue weighted by atomic mass is 35.5. The maximum absolute atomic E-state index is 14.0. The second-order valence-electron chi connectivity index (χ2n) is 10.2. The van der Waals surface area contributed by atoms with E-state index in [-0.39, 0.29) is 12.1 Å². The summed E-state index contributed by atoms with van der Waals surface area (Å²) < 4.78 is 3.98. The molecule has 0 N–H and O–H groups in total. The fraction of sp³-hybridized carbons (Fsp3) is 0.118. The number of imidazole rings is 1. The average molecular weight is 543 g/mol. The summed E-state index contributed by atoms with van der Waals surface area (Å²) in [6.07, 6.45) is 1.88. The molecule has 0 radical (unpaired) electrons. The van der Waals surface area contributed by atoms with Gasteiger partial charge in [0.05, 0.1) is 29.3 Å². The van der Waals surface area contributed by atoms with Gasteiger partial charge in [-0.05, 0) is 48.7 Å². The molecular formula is C34H27ClN4O. The third-order valence-electron chi connectivity index (χ3n) is 8.18. The minimum absolute atomic E-state index is 0.127. The number of halogens is 1. The highest BCUT2D eigenvalue weighted by molar-refractivity contribution is 6.35. The number of carbonyl (C=O) groups is 1. The molecule has 7 rings (SSSR count). The highest BCUT2D eigenvalue weighted by Crippen LogP contribution is 2.45. The van der Waals surface area contributed by atoms with E-state index in [4.69, 9.17) is 16.6 Å². The molecule has 1 aliphatic heterocycles. The zero-order valence-corrected chi connectivity index (χ0v) is 23.0. The van der Waals surface area contributed by atoms with Gasteiger partial charge < -0.3 is 4.57 Å². The van der Waals surface area contributed by atoms with Crippen LogP contribution in [0.15, 0.2) is 122 Å². The molecule has 1 atom stereocenters. The summed E-state index contributed by atoms with van der Waals surface area (Å²) in [6, 6.07) is 38.8. The van der Waals surface area contributed by atoms with Gasteiger partial charge in [-0.3, -0.25) is 9.47 Å². The quantitative estimate of drug-likeness (QED) is 0.206. The highest BCUT2D eigenvalue weighted by Gasteiger charge is 2.43. The van der Waals surface area contributed by atoms with E-state index in [1.165, 1.54) is 0 Å².